The van der Waals surface area contributed by atoms with Crippen molar-refractivity contribution in [3.63, 3.8) is 0 Å². The first kappa shape index (κ1) is 18.7. The molecular formula is C22H24N2O3. The molecule has 0 fully saturated rings. The zero-order valence-electron chi connectivity index (χ0n) is 15.9. The lowest BCUT2D eigenvalue weighted by atomic mass is 10.0. The van der Waals surface area contributed by atoms with E-state index in [1.165, 1.54) is 0 Å². The lowest BCUT2D eigenvalue weighted by Crippen LogP contribution is -2.28. The fourth-order valence-electron chi connectivity index (χ4n) is 3.02. The van der Waals surface area contributed by atoms with Crippen LogP contribution in [0.3, 0.4) is 0 Å². The molecule has 1 heterocycles. The third-order valence-corrected chi connectivity index (χ3v) is 4.67. The summed E-state index contributed by atoms with van der Waals surface area (Å²) in [5, 5.41) is 6.59. The van der Waals surface area contributed by atoms with E-state index in [9.17, 15) is 9.59 Å². The van der Waals surface area contributed by atoms with Crippen LogP contribution in [-0.4, -0.2) is 18.4 Å². The van der Waals surface area contributed by atoms with Crippen molar-refractivity contribution in [3.8, 4) is 0 Å². The molecule has 0 atom stereocenters. The van der Waals surface area contributed by atoms with Gasteiger partial charge in [0.15, 0.2) is 0 Å². The standard InChI is InChI=1S/C22H24N2O3/c1-14-5-4-6-18(11-14)24-20(25)9-10-23-21(26)12-17-13-27-22-16(3)15(2)7-8-19(17)22/h4-8,11,13H,9-10,12H2,1-3H3,(H,23,26)(H,24,25). The number of carbonyl (C=O) groups excluding carboxylic acids is 2. The van der Waals surface area contributed by atoms with Crippen LogP contribution in [0.2, 0.25) is 0 Å². The van der Waals surface area contributed by atoms with Crippen molar-refractivity contribution >= 4 is 28.5 Å². The second-order valence-electron chi connectivity index (χ2n) is 6.84. The van der Waals surface area contributed by atoms with Crippen molar-refractivity contribution in [3.05, 3.63) is 64.9 Å². The van der Waals surface area contributed by atoms with Gasteiger partial charge in [-0.05, 0) is 49.6 Å². The average molecular weight is 364 g/mol. The maximum Gasteiger partial charge on any atom is 0.226 e. The van der Waals surface area contributed by atoms with E-state index in [1.54, 1.807) is 6.26 Å². The fraction of sp³-hybridized carbons (Fsp3) is 0.273. The van der Waals surface area contributed by atoms with Gasteiger partial charge in [-0.25, -0.2) is 0 Å². The highest BCUT2D eigenvalue weighted by Gasteiger charge is 2.13. The number of carbonyl (C=O) groups is 2. The summed E-state index contributed by atoms with van der Waals surface area (Å²) in [6.07, 6.45) is 2.10. The van der Waals surface area contributed by atoms with Crippen molar-refractivity contribution in [2.45, 2.75) is 33.6 Å². The van der Waals surface area contributed by atoms with Crippen molar-refractivity contribution in [1.82, 2.24) is 5.32 Å². The number of anilines is 1. The van der Waals surface area contributed by atoms with Crippen molar-refractivity contribution in [2.24, 2.45) is 0 Å². The second kappa shape index (κ2) is 8.08. The van der Waals surface area contributed by atoms with E-state index in [-0.39, 0.29) is 24.7 Å². The molecule has 0 aliphatic rings. The average Bonchev–Trinajstić information content (AvgIpc) is 3.01. The molecule has 140 valence electrons. The number of benzene rings is 2. The summed E-state index contributed by atoms with van der Waals surface area (Å²) in [4.78, 5) is 24.2. The van der Waals surface area contributed by atoms with Crippen molar-refractivity contribution in [1.29, 1.82) is 0 Å². The van der Waals surface area contributed by atoms with Crippen LogP contribution in [0.1, 0.15) is 28.7 Å². The Morgan fingerprint density at radius 3 is 2.63 bits per heavy atom. The number of hydrogen-bond acceptors (Lipinski definition) is 3. The van der Waals surface area contributed by atoms with Gasteiger partial charge >= 0.3 is 0 Å². The van der Waals surface area contributed by atoms with Crippen LogP contribution >= 0.6 is 0 Å². The monoisotopic (exact) mass is 364 g/mol. The van der Waals surface area contributed by atoms with E-state index in [0.29, 0.717) is 6.54 Å². The molecule has 2 aromatic carbocycles. The van der Waals surface area contributed by atoms with Gasteiger partial charge in [-0.15, -0.1) is 0 Å². The summed E-state index contributed by atoms with van der Waals surface area (Å²) in [6, 6.07) is 11.6. The number of furan rings is 1. The number of fused-ring (bicyclic) bond motifs is 1. The third-order valence-electron chi connectivity index (χ3n) is 4.67. The quantitative estimate of drug-likeness (QED) is 0.693. The molecule has 5 nitrogen and oxygen atoms in total. The van der Waals surface area contributed by atoms with Gasteiger partial charge in [-0.1, -0.05) is 24.3 Å². The topological polar surface area (TPSA) is 71.3 Å². The molecule has 3 aromatic rings. The summed E-state index contributed by atoms with van der Waals surface area (Å²) < 4.78 is 5.64. The number of rotatable bonds is 6. The SMILES string of the molecule is Cc1cccc(NC(=O)CCNC(=O)Cc2coc3c(C)c(C)ccc23)c1. The van der Waals surface area contributed by atoms with Crippen LogP contribution in [0.5, 0.6) is 0 Å². The van der Waals surface area contributed by atoms with E-state index in [1.807, 2.05) is 57.2 Å². The molecule has 0 unspecified atom stereocenters. The molecule has 1 aromatic heterocycles. The van der Waals surface area contributed by atoms with Crippen LogP contribution in [0.4, 0.5) is 5.69 Å². The van der Waals surface area contributed by atoms with Gasteiger partial charge in [-0.2, -0.15) is 0 Å². The normalized spacial score (nSPS) is 10.8. The first-order valence-corrected chi connectivity index (χ1v) is 9.03. The minimum absolute atomic E-state index is 0.124. The molecule has 0 aliphatic carbocycles. The Morgan fingerprint density at radius 1 is 1.04 bits per heavy atom. The van der Waals surface area contributed by atoms with E-state index in [0.717, 1.165) is 38.9 Å². The highest BCUT2D eigenvalue weighted by Crippen LogP contribution is 2.26. The number of amides is 2. The molecule has 0 bridgehead atoms. The summed E-state index contributed by atoms with van der Waals surface area (Å²) in [7, 11) is 0. The van der Waals surface area contributed by atoms with E-state index in [4.69, 9.17) is 4.42 Å². The van der Waals surface area contributed by atoms with Gasteiger partial charge in [0, 0.05) is 29.6 Å². The molecule has 0 aliphatic heterocycles. The van der Waals surface area contributed by atoms with Crippen LogP contribution in [0.15, 0.2) is 47.1 Å². The second-order valence-corrected chi connectivity index (χ2v) is 6.84. The summed E-state index contributed by atoms with van der Waals surface area (Å²) in [5.41, 5.74) is 5.78. The van der Waals surface area contributed by atoms with Crippen molar-refractivity contribution in [2.75, 3.05) is 11.9 Å². The number of nitrogens with one attached hydrogen (secondary N) is 2. The number of hydrogen-bond donors (Lipinski definition) is 2. The molecule has 2 N–H and O–H groups in total. The van der Waals surface area contributed by atoms with E-state index >= 15 is 0 Å². The van der Waals surface area contributed by atoms with Gasteiger partial charge in [-0.3, -0.25) is 9.59 Å². The van der Waals surface area contributed by atoms with Crippen LogP contribution in [0, 0.1) is 20.8 Å². The largest absolute Gasteiger partial charge is 0.464 e. The molecule has 27 heavy (non-hydrogen) atoms. The summed E-state index contributed by atoms with van der Waals surface area (Å²) >= 11 is 0. The highest BCUT2D eigenvalue weighted by molar-refractivity contribution is 5.92. The first-order chi connectivity index (χ1) is 12.9. The van der Waals surface area contributed by atoms with Crippen molar-refractivity contribution < 1.29 is 14.0 Å². The van der Waals surface area contributed by atoms with Gasteiger partial charge in [0.2, 0.25) is 11.8 Å². The highest BCUT2D eigenvalue weighted by atomic mass is 16.3. The minimum Gasteiger partial charge on any atom is -0.464 e. The van der Waals surface area contributed by atoms with E-state index < -0.39 is 0 Å². The lowest BCUT2D eigenvalue weighted by Gasteiger charge is -2.07. The molecule has 5 heteroatoms. The predicted octanol–water partition coefficient (Wildman–Crippen LogP) is 4.05. The smallest absolute Gasteiger partial charge is 0.226 e. The fourth-order valence-corrected chi connectivity index (χ4v) is 3.02. The van der Waals surface area contributed by atoms with E-state index in [2.05, 4.69) is 10.6 Å². The van der Waals surface area contributed by atoms with Gasteiger partial charge in [0.05, 0.1) is 12.7 Å². The molecule has 2 amide bonds. The lowest BCUT2D eigenvalue weighted by molar-refractivity contribution is -0.120. The maximum absolute atomic E-state index is 12.2. The first-order valence-electron chi connectivity index (χ1n) is 9.03. The Labute approximate surface area is 158 Å². The Balaban J connectivity index is 1.50. The molecule has 0 saturated carbocycles. The molecule has 0 radical (unpaired) electrons. The molecule has 0 spiro atoms. The Morgan fingerprint density at radius 2 is 1.85 bits per heavy atom. The minimum atomic E-state index is -0.126. The van der Waals surface area contributed by atoms with Crippen LogP contribution < -0.4 is 10.6 Å². The van der Waals surface area contributed by atoms with Gasteiger partial charge in [0.1, 0.15) is 5.58 Å². The maximum atomic E-state index is 12.2. The van der Waals surface area contributed by atoms with Gasteiger partial charge < -0.3 is 15.1 Å². The zero-order chi connectivity index (χ0) is 19.4. The Kier molecular flexibility index (Phi) is 5.60. The molecule has 3 rings (SSSR count). The molecular weight excluding hydrogens is 340 g/mol. The number of aryl methyl sites for hydroxylation is 3. The Bertz CT molecular complexity index is 988. The van der Waals surface area contributed by atoms with Gasteiger partial charge in [0.25, 0.3) is 0 Å². The van der Waals surface area contributed by atoms with Crippen LogP contribution in [-0.2, 0) is 16.0 Å². The Hall–Kier alpha value is -3.08. The zero-order valence-corrected chi connectivity index (χ0v) is 15.9. The third kappa shape index (κ3) is 4.56. The molecule has 0 saturated heterocycles. The summed E-state index contributed by atoms with van der Waals surface area (Å²) in [5.74, 6) is -0.250. The summed E-state index contributed by atoms with van der Waals surface area (Å²) in [6.45, 7) is 6.31. The van der Waals surface area contributed by atoms with Crippen LogP contribution in [0.25, 0.3) is 11.0 Å². The predicted molar refractivity (Wildman–Crippen MR) is 107 cm³/mol.